The molecule has 0 spiro atoms. The number of rotatable bonds is 10. The Kier molecular flexibility index (Phi) is 10.9. The van der Waals surface area contributed by atoms with Gasteiger partial charge in [-0.3, -0.25) is 10.1 Å². The predicted octanol–water partition coefficient (Wildman–Crippen LogP) is 7.21. The maximum absolute atomic E-state index is 13.7. The summed E-state index contributed by atoms with van der Waals surface area (Å²) < 4.78 is 6.49. The van der Waals surface area contributed by atoms with Crippen molar-refractivity contribution in [3.63, 3.8) is 0 Å². The molecule has 0 radical (unpaired) electrons. The summed E-state index contributed by atoms with van der Waals surface area (Å²) in [5.41, 5.74) is 2.68. The van der Waals surface area contributed by atoms with E-state index in [1.54, 1.807) is 14.7 Å². The Morgan fingerprint density at radius 1 is 0.848 bits per heavy atom. The summed E-state index contributed by atoms with van der Waals surface area (Å²) in [6.07, 6.45) is 1.22. The van der Waals surface area contributed by atoms with E-state index in [2.05, 4.69) is 34.6 Å². The number of hydrogen-bond acceptors (Lipinski definition) is 6. The second kappa shape index (κ2) is 15.2. The number of nitrogens with one attached hydrogen (secondary N) is 1. The lowest BCUT2D eigenvalue weighted by Crippen LogP contribution is -2.51. The Labute approximate surface area is 275 Å². The number of amides is 4. The lowest BCUT2D eigenvalue weighted by molar-refractivity contribution is -0.133. The fraction of sp³-hybridized carbons (Fsp3) is 0.389. The molecule has 1 fully saturated rings. The first-order chi connectivity index (χ1) is 22.2. The molecule has 2 heterocycles. The van der Waals surface area contributed by atoms with Crippen molar-refractivity contribution in [2.24, 2.45) is 0 Å². The first kappa shape index (κ1) is 32.9. The van der Waals surface area contributed by atoms with Gasteiger partial charge in [0, 0.05) is 51.6 Å². The van der Waals surface area contributed by atoms with Crippen LogP contribution in [0.4, 0.5) is 14.7 Å². The van der Waals surface area contributed by atoms with Crippen LogP contribution in [0.2, 0.25) is 0 Å². The van der Waals surface area contributed by atoms with Gasteiger partial charge in [-0.1, -0.05) is 84.1 Å². The average Bonchev–Trinajstić information content (AvgIpc) is 3.46. The minimum absolute atomic E-state index is 0.0295. The van der Waals surface area contributed by atoms with Crippen LogP contribution in [0, 0.1) is 0 Å². The summed E-state index contributed by atoms with van der Waals surface area (Å²) in [5, 5.41) is 3.57. The zero-order valence-electron chi connectivity index (χ0n) is 26.9. The molecule has 46 heavy (non-hydrogen) atoms. The highest BCUT2D eigenvalue weighted by Gasteiger charge is 2.28. The van der Waals surface area contributed by atoms with Crippen molar-refractivity contribution in [1.29, 1.82) is 0 Å². The number of aromatic nitrogens is 1. The molecule has 0 aliphatic carbocycles. The Hall–Kier alpha value is -4.44. The van der Waals surface area contributed by atoms with Gasteiger partial charge in [0.1, 0.15) is 5.60 Å². The van der Waals surface area contributed by atoms with Crippen LogP contribution in [0.3, 0.4) is 0 Å². The molecule has 3 aromatic carbocycles. The van der Waals surface area contributed by atoms with Crippen LogP contribution < -0.4 is 5.32 Å². The number of ether oxygens (including phenoxy) is 1. The third-order valence-electron chi connectivity index (χ3n) is 7.99. The van der Waals surface area contributed by atoms with Gasteiger partial charge in [0.05, 0.1) is 10.2 Å². The Balaban J connectivity index is 1.22. The fourth-order valence-electron chi connectivity index (χ4n) is 5.64. The van der Waals surface area contributed by atoms with Crippen molar-refractivity contribution in [2.45, 2.75) is 51.6 Å². The normalized spacial score (nSPS) is 13.6. The van der Waals surface area contributed by atoms with Crippen molar-refractivity contribution < 1.29 is 19.1 Å². The number of anilines is 1. The second-order valence-electron chi connectivity index (χ2n) is 12.5. The SMILES string of the molecule is CC(C)(C)OC(=O)N1CCN(C(=O)CCCN(CCC(c2ccccc2)c2ccccc2)C(=O)Nc2nc3ccccc3s2)CC1. The Morgan fingerprint density at radius 3 is 2.04 bits per heavy atom. The summed E-state index contributed by atoms with van der Waals surface area (Å²) in [4.78, 5) is 49.1. The van der Waals surface area contributed by atoms with Crippen LogP contribution in [0.15, 0.2) is 84.9 Å². The molecule has 0 atom stereocenters. The maximum Gasteiger partial charge on any atom is 0.410 e. The van der Waals surface area contributed by atoms with E-state index in [4.69, 9.17) is 4.74 Å². The molecule has 1 aromatic heterocycles. The van der Waals surface area contributed by atoms with Crippen LogP contribution in [-0.2, 0) is 9.53 Å². The largest absolute Gasteiger partial charge is 0.444 e. The molecule has 1 saturated heterocycles. The van der Waals surface area contributed by atoms with E-state index in [1.165, 1.54) is 22.5 Å². The highest BCUT2D eigenvalue weighted by molar-refractivity contribution is 7.22. The first-order valence-electron chi connectivity index (χ1n) is 15.9. The molecule has 1 N–H and O–H groups in total. The second-order valence-corrected chi connectivity index (χ2v) is 13.5. The van der Waals surface area contributed by atoms with E-state index in [1.807, 2.05) is 81.4 Å². The minimum Gasteiger partial charge on any atom is -0.444 e. The van der Waals surface area contributed by atoms with Crippen molar-refractivity contribution in [1.82, 2.24) is 19.7 Å². The van der Waals surface area contributed by atoms with Crippen molar-refractivity contribution in [2.75, 3.05) is 44.6 Å². The van der Waals surface area contributed by atoms with Crippen LogP contribution in [0.5, 0.6) is 0 Å². The number of thiazole rings is 1. The number of hydrogen-bond donors (Lipinski definition) is 1. The fourth-order valence-corrected chi connectivity index (χ4v) is 6.49. The molecule has 0 saturated carbocycles. The number of fused-ring (bicyclic) bond motifs is 1. The minimum atomic E-state index is -0.558. The van der Waals surface area contributed by atoms with Gasteiger partial charge in [0.15, 0.2) is 5.13 Å². The van der Waals surface area contributed by atoms with Gasteiger partial charge in [0.25, 0.3) is 0 Å². The zero-order chi connectivity index (χ0) is 32.5. The molecule has 0 bridgehead atoms. The molecule has 4 aromatic rings. The zero-order valence-corrected chi connectivity index (χ0v) is 27.7. The standard InChI is InChI=1S/C36H43N5O4S/c1-36(2,3)45-35(44)41-25-23-39(24-26-41)32(42)19-12-21-40(34(43)38-33-37-30-17-10-11-18-31(30)46-33)22-20-29(27-13-6-4-7-14-27)28-15-8-5-9-16-28/h4-11,13-18,29H,12,19-26H2,1-3H3,(H,37,38,43). The van der Waals surface area contributed by atoms with Gasteiger partial charge < -0.3 is 19.4 Å². The smallest absolute Gasteiger partial charge is 0.410 e. The molecular formula is C36H43N5O4S. The lowest BCUT2D eigenvalue weighted by Gasteiger charge is -2.35. The average molecular weight is 642 g/mol. The summed E-state index contributed by atoms with van der Waals surface area (Å²) in [5.74, 6) is 0.143. The topological polar surface area (TPSA) is 95.1 Å². The first-order valence-corrected chi connectivity index (χ1v) is 16.7. The monoisotopic (exact) mass is 641 g/mol. The number of carbonyl (C=O) groups is 3. The van der Waals surface area contributed by atoms with Crippen LogP contribution in [0.1, 0.15) is 57.1 Å². The number of piperazine rings is 1. The highest BCUT2D eigenvalue weighted by atomic mass is 32.1. The number of benzene rings is 3. The number of urea groups is 1. The van der Waals surface area contributed by atoms with Crippen molar-refractivity contribution in [3.05, 3.63) is 96.1 Å². The van der Waals surface area contributed by atoms with E-state index < -0.39 is 5.60 Å². The molecule has 1 aliphatic rings. The van der Waals surface area contributed by atoms with E-state index >= 15 is 0 Å². The van der Waals surface area contributed by atoms with E-state index in [0.717, 1.165) is 16.6 Å². The molecule has 1 aliphatic heterocycles. The van der Waals surface area contributed by atoms with Gasteiger partial charge in [-0.15, -0.1) is 0 Å². The van der Waals surface area contributed by atoms with Crippen LogP contribution in [0.25, 0.3) is 10.2 Å². The molecule has 242 valence electrons. The molecule has 10 heteroatoms. The molecule has 0 unspecified atom stereocenters. The van der Waals surface area contributed by atoms with Gasteiger partial charge in [0.2, 0.25) is 5.91 Å². The van der Waals surface area contributed by atoms with Gasteiger partial charge in [-0.25, -0.2) is 14.6 Å². The predicted molar refractivity (Wildman–Crippen MR) is 183 cm³/mol. The maximum atomic E-state index is 13.7. The van der Waals surface area contributed by atoms with Crippen LogP contribution >= 0.6 is 11.3 Å². The van der Waals surface area contributed by atoms with Crippen LogP contribution in [-0.4, -0.2) is 82.6 Å². The van der Waals surface area contributed by atoms with E-state index in [0.29, 0.717) is 57.2 Å². The van der Waals surface area contributed by atoms with Crippen molar-refractivity contribution >= 4 is 44.7 Å². The lowest BCUT2D eigenvalue weighted by atomic mass is 9.88. The Bertz CT molecular complexity index is 1520. The number of para-hydroxylation sites is 1. The molecule has 9 nitrogen and oxygen atoms in total. The number of carbonyl (C=O) groups excluding carboxylic acids is 3. The Morgan fingerprint density at radius 2 is 1.43 bits per heavy atom. The summed E-state index contributed by atoms with van der Waals surface area (Å²) in [7, 11) is 0. The molecule has 4 amide bonds. The number of nitrogens with zero attached hydrogens (tertiary/aromatic N) is 4. The van der Waals surface area contributed by atoms with E-state index in [-0.39, 0.29) is 23.9 Å². The highest BCUT2D eigenvalue weighted by Crippen LogP contribution is 2.29. The molecular weight excluding hydrogens is 598 g/mol. The van der Waals surface area contributed by atoms with Gasteiger partial charge >= 0.3 is 12.1 Å². The summed E-state index contributed by atoms with van der Waals surface area (Å²) >= 11 is 1.45. The van der Waals surface area contributed by atoms with Crippen molar-refractivity contribution in [3.8, 4) is 0 Å². The third-order valence-corrected chi connectivity index (χ3v) is 8.94. The summed E-state index contributed by atoms with van der Waals surface area (Å²) in [6.45, 7) is 8.29. The third kappa shape index (κ3) is 9.06. The summed E-state index contributed by atoms with van der Waals surface area (Å²) in [6, 6.07) is 28.3. The quantitative estimate of drug-likeness (QED) is 0.197. The van der Waals surface area contributed by atoms with E-state index in [9.17, 15) is 14.4 Å². The molecule has 5 rings (SSSR count). The van der Waals surface area contributed by atoms with Gasteiger partial charge in [-0.05, 0) is 56.9 Å². The van der Waals surface area contributed by atoms with Gasteiger partial charge in [-0.2, -0.15) is 0 Å².